The van der Waals surface area contributed by atoms with Crippen molar-refractivity contribution in [1.29, 1.82) is 0 Å². The highest BCUT2D eigenvalue weighted by atomic mass is 32.1. The molecule has 8 heteroatoms. The Morgan fingerprint density at radius 2 is 2.00 bits per heavy atom. The smallest absolute Gasteiger partial charge is 0.410 e. The summed E-state index contributed by atoms with van der Waals surface area (Å²) in [7, 11) is 4.33. The third-order valence-electron chi connectivity index (χ3n) is 6.33. The molecular weight excluding hydrogens is 398 g/mol. The van der Waals surface area contributed by atoms with Crippen molar-refractivity contribution in [2.75, 3.05) is 32.5 Å². The molecule has 2 fully saturated rings. The average molecular weight is 426 g/mol. The molecule has 0 bridgehead atoms. The molecule has 1 saturated heterocycles. The van der Waals surface area contributed by atoms with Crippen molar-refractivity contribution in [1.82, 2.24) is 19.8 Å². The van der Waals surface area contributed by atoms with E-state index in [2.05, 4.69) is 34.3 Å². The number of nitrogens with one attached hydrogen (secondary N) is 1. The fourth-order valence-corrected chi connectivity index (χ4v) is 5.38. The van der Waals surface area contributed by atoms with Crippen LogP contribution in [0.5, 0.6) is 5.75 Å². The first-order valence-electron chi connectivity index (χ1n) is 10.7. The second kappa shape index (κ2) is 8.00. The molecule has 0 radical (unpaired) electrons. The molecule has 2 aliphatic rings. The van der Waals surface area contributed by atoms with Gasteiger partial charge in [-0.2, -0.15) is 0 Å². The van der Waals surface area contributed by atoms with Crippen LogP contribution < -0.4 is 10.1 Å². The Bertz CT molecular complexity index is 1070. The van der Waals surface area contributed by atoms with Gasteiger partial charge in [0.1, 0.15) is 22.7 Å². The number of ether oxygens (including phenoxy) is 1. The first-order valence-corrected chi connectivity index (χ1v) is 11.5. The van der Waals surface area contributed by atoms with Gasteiger partial charge < -0.3 is 19.9 Å². The van der Waals surface area contributed by atoms with Crippen molar-refractivity contribution in [2.24, 2.45) is 0 Å². The lowest BCUT2D eigenvalue weighted by atomic mass is 9.90. The summed E-state index contributed by atoms with van der Waals surface area (Å²) in [6.45, 7) is 1.56. The number of thiophene rings is 1. The molecule has 1 aliphatic heterocycles. The Labute approximate surface area is 180 Å². The Morgan fingerprint density at radius 3 is 2.70 bits per heavy atom. The molecule has 1 amide bonds. The van der Waals surface area contributed by atoms with Crippen molar-refractivity contribution < 1.29 is 9.53 Å². The van der Waals surface area contributed by atoms with E-state index in [-0.39, 0.29) is 6.09 Å². The minimum atomic E-state index is -0.271. The molecule has 7 nitrogen and oxygen atoms in total. The molecule has 2 aromatic heterocycles. The minimum Gasteiger partial charge on any atom is -0.410 e. The van der Waals surface area contributed by atoms with Crippen molar-refractivity contribution in [3.05, 3.63) is 24.5 Å². The number of carbonyl (C=O) groups excluding carboxylic acids is 1. The van der Waals surface area contributed by atoms with E-state index in [0.717, 1.165) is 58.5 Å². The van der Waals surface area contributed by atoms with Gasteiger partial charge in [0.2, 0.25) is 0 Å². The maximum atomic E-state index is 12.2. The number of amides is 1. The number of carbonyl (C=O) groups is 1. The quantitative estimate of drug-likeness (QED) is 0.671. The van der Waals surface area contributed by atoms with Crippen molar-refractivity contribution in [3.8, 4) is 5.75 Å². The first kappa shape index (κ1) is 19.5. The maximum Gasteiger partial charge on any atom is 0.415 e. The molecule has 3 heterocycles. The fourth-order valence-electron chi connectivity index (χ4n) is 4.35. The number of nitrogens with zero attached hydrogens (tertiary/aromatic N) is 4. The first-order chi connectivity index (χ1) is 14.6. The summed E-state index contributed by atoms with van der Waals surface area (Å²) in [5, 5.41) is 5.74. The molecule has 0 atom stereocenters. The van der Waals surface area contributed by atoms with E-state index < -0.39 is 0 Å². The third-order valence-corrected chi connectivity index (χ3v) is 7.41. The minimum absolute atomic E-state index is 0.271. The van der Waals surface area contributed by atoms with Gasteiger partial charge in [-0.25, -0.2) is 14.8 Å². The van der Waals surface area contributed by atoms with Crippen LogP contribution in [0.4, 0.5) is 10.6 Å². The summed E-state index contributed by atoms with van der Waals surface area (Å²) in [4.78, 5) is 26.3. The number of anilines is 1. The molecule has 1 N–H and O–H groups in total. The lowest BCUT2D eigenvalue weighted by Crippen LogP contribution is -2.43. The maximum absolute atomic E-state index is 12.2. The van der Waals surface area contributed by atoms with Crippen molar-refractivity contribution in [2.45, 2.75) is 44.2 Å². The SMILES string of the molecule is CN(C)[C@H]1CC[C@H](Nc2ncnc3sc4ccc(OC(=O)N5CCC5)cc4c23)CC1. The third kappa shape index (κ3) is 3.70. The van der Waals surface area contributed by atoms with Gasteiger partial charge in [-0.1, -0.05) is 0 Å². The Hall–Kier alpha value is -2.45. The van der Waals surface area contributed by atoms with Gasteiger partial charge in [0.25, 0.3) is 0 Å². The second-order valence-electron chi connectivity index (χ2n) is 8.48. The molecule has 1 saturated carbocycles. The van der Waals surface area contributed by atoms with E-state index in [9.17, 15) is 4.79 Å². The number of aromatic nitrogens is 2. The van der Waals surface area contributed by atoms with Crippen LogP contribution in [0.25, 0.3) is 20.3 Å². The lowest BCUT2D eigenvalue weighted by Gasteiger charge is -2.33. The predicted molar refractivity (Wildman–Crippen MR) is 120 cm³/mol. The summed E-state index contributed by atoms with van der Waals surface area (Å²) >= 11 is 1.64. The summed E-state index contributed by atoms with van der Waals surface area (Å²) in [6, 6.07) is 6.90. The fraction of sp³-hybridized carbons (Fsp3) is 0.500. The second-order valence-corrected chi connectivity index (χ2v) is 9.52. The number of fused-ring (bicyclic) bond motifs is 3. The van der Waals surface area contributed by atoms with Gasteiger partial charge in [0.15, 0.2) is 0 Å². The molecule has 0 unspecified atom stereocenters. The number of hydrogen-bond acceptors (Lipinski definition) is 7. The Kier molecular flexibility index (Phi) is 5.20. The van der Waals surface area contributed by atoms with Crippen LogP contribution in [0.2, 0.25) is 0 Å². The van der Waals surface area contributed by atoms with Crippen LogP contribution in [0, 0.1) is 0 Å². The van der Waals surface area contributed by atoms with Gasteiger partial charge in [0, 0.05) is 35.3 Å². The van der Waals surface area contributed by atoms with Crippen molar-refractivity contribution in [3.63, 3.8) is 0 Å². The van der Waals surface area contributed by atoms with Gasteiger partial charge in [-0.05, 0) is 64.4 Å². The molecule has 0 spiro atoms. The highest BCUT2D eigenvalue weighted by molar-refractivity contribution is 7.25. The van der Waals surface area contributed by atoms with Gasteiger partial charge in [-0.3, -0.25) is 0 Å². The largest absolute Gasteiger partial charge is 0.415 e. The molecule has 30 heavy (non-hydrogen) atoms. The molecule has 158 valence electrons. The number of likely N-dealkylation sites (tertiary alicyclic amines) is 1. The van der Waals surface area contributed by atoms with E-state index in [0.29, 0.717) is 17.8 Å². The Morgan fingerprint density at radius 1 is 1.20 bits per heavy atom. The molecule has 3 aromatic rings. The van der Waals surface area contributed by atoms with Crippen LogP contribution in [-0.2, 0) is 0 Å². The van der Waals surface area contributed by atoms with E-state index in [1.807, 2.05) is 18.2 Å². The standard InChI is InChI=1S/C22H27N5O2S/c1-26(2)15-6-4-14(5-7-15)25-20-19-17-12-16(29-22(28)27-10-3-11-27)8-9-18(17)30-21(19)24-13-23-20/h8-9,12-15H,3-7,10-11H2,1-2H3,(H,23,24,25)/t14-,15-. The zero-order valence-corrected chi connectivity index (χ0v) is 18.2. The summed E-state index contributed by atoms with van der Waals surface area (Å²) in [6.07, 6.45) is 7.07. The van der Waals surface area contributed by atoms with Crippen LogP contribution in [-0.4, -0.2) is 65.1 Å². The predicted octanol–water partition coefficient (Wildman–Crippen LogP) is 4.33. The summed E-state index contributed by atoms with van der Waals surface area (Å²) < 4.78 is 6.71. The van der Waals surface area contributed by atoms with Gasteiger partial charge >= 0.3 is 6.09 Å². The topological polar surface area (TPSA) is 70.6 Å². The molecular formula is C22H27N5O2S. The number of hydrogen-bond donors (Lipinski definition) is 1. The van der Waals surface area contributed by atoms with Crippen LogP contribution in [0.15, 0.2) is 24.5 Å². The highest BCUT2D eigenvalue weighted by Crippen LogP contribution is 2.38. The zero-order chi connectivity index (χ0) is 20.7. The van der Waals surface area contributed by atoms with E-state index >= 15 is 0 Å². The average Bonchev–Trinajstić information content (AvgIpc) is 3.06. The van der Waals surface area contributed by atoms with Crippen LogP contribution in [0.3, 0.4) is 0 Å². The monoisotopic (exact) mass is 425 g/mol. The molecule has 1 aromatic carbocycles. The van der Waals surface area contributed by atoms with Gasteiger partial charge in [0.05, 0.1) is 5.39 Å². The van der Waals surface area contributed by atoms with E-state index in [4.69, 9.17) is 4.74 Å². The summed E-state index contributed by atoms with van der Waals surface area (Å²) in [5.41, 5.74) is 0. The van der Waals surface area contributed by atoms with Crippen molar-refractivity contribution >= 4 is 43.6 Å². The Balaban J connectivity index is 1.41. The number of benzene rings is 1. The van der Waals surface area contributed by atoms with Gasteiger partial charge in [-0.15, -0.1) is 11.3 Å². The molecule has 1 aliphatic carbocycles. The van der Waals surface area contributed by atoms with Crippen LogP contribution in [0.1, 0.15) is 32.1 Å². The highest BCUT2D eigenvalue weighted by Gasteiger charge is 2.25. The number of rotatable bonds is 4. The molecule has 5 rings (SSSR count). The zero-order valence-electron chi connectivity index (χ0n) is 17.4. The van der Waals surface area contributed by atoms with E-state index in [1.54, 1.807) is 22.6 Å². The lowest BCUT2D eigenvalue weighted by molar-refractivity contribution is 0.125. The van der Waals surface area contributed by atoms with E-state index in [1.165, 1.54) is 12.8 Å². The van der Waals surface area contributed by atoms with Crippen LogP contribution >= 0.6 is 11.3 Å². The normalized spacial score (nSPS) is 21.8. The summed E-state index contributed by atoms with van der Waals surface area (Å²) in [5.74, 6) is 1.45.